The highest BCUT2D eigenvalue weighted by Gasteiger charge is 2.35. The molecule has 9 nitrogen and oxygen atoms in total. The minimum absolute atomic E-state index is 0.108. The monoisotopic (exact) mass is 632 g/mol. The van der Waals surface area contributed by atoms with Gasteiger partial charge in [-0.1, -0.05) is 12.1 Å². The Bertz CT molecular complexity index is 1780. The van der Waals surface area contributed by atoms with Gasteiger partial charge in [-0.15, -0.1) is 11.3 Å². The van der Waals surface area contributed by atoms with E-state index in [0.29, 0.717) is 36.6 Å². The van der Waals surface area contributed by atoms with Crippen molar-refractivity contribution in [1.29, 1.82) is 0 Å². The van der Waals surface area contributed by atoms with Gasteiger partial charge in [0.1, 0.15) is 11.4 Å². The average molecular weight is 633 g/mol. The number of nitrogens with zero attached hydrogens (tertiary/aromatic N) is 1. The van der Waals surface area contributed by atoms with E-state index in [-0.39, 0.29) is 48.1 Å². The number of hydrogen-bond donors (Lipinski definition) is 4. The maximum absolute atomic E-state index is 13.8. The predicted molar refractivity (Wildman–Crippen MR) is 166 cm³/mol. The molecule has 6 rings (SSSR count). The minimum atomic E-state index is -2.75. The number of carbonyl (C=O) groups excluding carboxylic acids is 2. The number of anilines is 1. The fourth-order valence-corrected chi connectivity index (χ4v) is 6.64. The molecule has 0 saturated heterocycles. The van der Waals surface area contributed by atoms with Crippen LogP contribution in [0, 0.1) is 0 Å². The summed E-state index contributed by atoms with van der Waals surface area (Å²) in [5.41, 5.74) is 8.86. The molecule has 1 fully saturated rings. The Balaban J connectivity index is 1.40. The Kier molecular flexibility index (Phi) is 8.34. The smallest absolute Gasteiger partial charge is 0.355 e. The van der Waals surface area contributed by atoms with Crippen molar-refractivity contribution in [1.82, 2.24) is 10.3 Å². The quantitative estimate of drug-likeness (QED) is 0.192. The van der Waals surface area contributed by atoms with E-state index in [1.807, 2.05) is 11.4 Å². The molecule has 45 heavy (non-hydrogen) atoms. The average Bonchev–Trinajstić information content (AvgIpc) is 3.43. The summed E-state index contributed by atoms with van der Waals surface area (Å²) in [4.78, 5) is 44.5. The van der Waals surface area contributed by atoms with Gasteiger partial charge >= 0.3 is 5.97 Å². The number of rotatable bonds is 7. The van der Waals surface area contributed by atoms with Gasteiger partial charge in [0.2, 0.25) is 5.92 Å². The first kappa shape index (κ1) is 30.4. The molecule has 2 aromatic heterocycles. The largest absolute Gasteiger partial charge is 0.493 e. The normalized spacial score (nSPS) is 15.6. The van der Waals surface area contributed by atoms with Crippen molar-refractivity contribution in [3.63, 3.8) is 0 Å². The van der Waals surface area contributed by atoms with E-state index in [1.54, 1.807) is 36.4 Å². The highest BCUT2D eigenvalue weighted by atomic mass is 32.1. The van der Waals surface area contributed by atoms with Crippen LogP contribution in [0.15, 0.2) is 60.0 Å². The number of thiophene rings is 1. The molecule has 2 amide bonds. The number of benzene rings is 2. The summed E-state index contributed by atoms with van der Waals surface area (Å²) in [6.45, 7) is 0.743. The minimum Gasteiger partial charge on any atom is -0.493 e. The van der Waals surface area contributed by atoms with Gasteiger partial charge in [0, 0.05) is 64.7 Å². The van der Waals surface area contributed by atoms with Gasteiger partial charge in [0.05, 0.1) is 6.61 Å². The van der Waals surface area contributed by atoms with Crippen molar-refractivity contribution in [3.8, 4) is 27.3 Å². The number of alkyl halides is 2. The van der Waals surface area contributed by atoms with Gasteiger partial charge in [-0.3, -0.25) is 9.59 Å². The summed E-state index contributed by atoms with van der Waals surface area (Å²) in [5.74, 6) is -4.81. The number of pyridine rings is 1. The van der Waals surface area contributed by atoms with Crippen LogP contribution in [0.3, 0.4) is 0 Å². The second-order valence-electron chi connectivity index (χ2n) is 11.1. The molecule has 5 N–H and O–H groups in total. The Morgan fingerprint density at radius 3 is 2.47 bits per heavy atom. The molecule has 2 aliphatic rings. The van der Waals surface area contributed by atoms with E-state index in [1.165, 1.54) is 23.5 Å². The van der Waals surface area contributed by atoms with E-state index in [9.17, 15) is 28.3 Å². The van der Waals surface area contributed by atoms with Crippen LogP contribution in [-0.4, -0.2) is 46.4 Å². The molecule has 12 heteroatoms. The maximum Gasteiger partial charge on any atom is 0.355 e. The van der Waals surface area contributed by atoms with E-state index < -0.39 is 35.4 Å². The van der Waals surface area contributed by atoms with Crippen molar-refractivity contribution in [2.24, 2.45) is 5.73 Å². The number of carbonyl (C=O) groups is 3. The van der Waals surface area contributed by atoms with Gasteiger partial charge in [0.25, 0.3) is 11.8 Å². The highest BCUT2D eigenvalue weighted by molar-refractivity contribution is 7.13. The topological polar surface area (TPSA) is 144 Å². The standard InChI is InChI=1S/C33H30F2N4O5S/c34-33(35)11-7-21(8-12-33)38-31(41)26-6-5-22(28(39-26)32(42)43)23-16-27-25(29-19(9-13-44-27)10-14-45-29)15-24(23)30(40)37-20-3-1-18(17-36)2-4-20/h1-6,10,14-16,21H,7-9,11-13,17,36H2,(H,37,40)(H,38,41)(H,42,43). The summed E-state index contributed by atoms with van der Waals surface area (Å²) in [7, 11) is 0. The number of aromatic carboxylic acids is 1. The van der Waals surface area contributed by atoms with Crippen molar-refractivity contribution in [2.45, 2.75) is 50.6 Å². The zero-order valence-electron chi connectivity index (χ0n) is 24.1. The molecule has 1 aliphatic carbocycles. The number of amides is 2. The van der Waals surface area contributed by atoms with Crippen LogP contribution in [0.25, 0.3) is 21.6 Å². The van der Waals surface area contributed by atoms with Crippen molar-refractivity contribution < 1.29 is 33.0 Å². The van der Waals surface area contributed by atoms with Crippen LogP contribution in [0.4, 0.5) is 14.5 Å². The SMILES string of the molecule is NCc1ccc(NC(=O)c2cc3c(cc2-c2ccc(C(=O)NC4CCC(F)(F)CC4)nc2C(=O)O)OCCc2ccsc2-3)cc1. The molecule has 0 spiro atoms. The number of carboxylic acids is 1. The molecule has 3 heterocycles. The van der Waals surface area contributed by atoms with Crippen LogP contribution in [-0.2, 0) is 13.0 Å². The number of carboxylic acid groups (broad SMARTS) is 1. The summed E-state index contributed by atoms with van der Waals surface area (Å²) in [5, 5.41) is 17.8. The van der Waals surface area contributed by atoms with E-state index in [2.05, 4.69) is 15.6 Å². The molecular weight excluding hydrogens is 602 g/mol. The lowest BCUT2D eigenvalue weighted by atomic mass is 9.92. The lowest BCUT2D eigenvalue weighted by Crippen LogP contribution is -2.40. The Hall–Kier alpha value is -4.68. The summed E-state index contributed by atoms with van der Waals surface area (Å²) in [6, 6.07) is 14.7. The number of halogens is 2. The Labute approximate surface area is 261 Å². The van der Waals surface area contributed by atoms with Crippen molar-refractivity contribution in [3.05, 3.63) is 88.1 Å². The predicted octanol–water partition coefficient (Wildman–Crippen LogP) is 6.13. The summed E-state index contributed by atoms with van der Waals surface area (Å²) < 4.78 is 33.2. The highest BCUT2D eigenvalue weighted by Crippen LogP contribution is 2.43. The first-order valence-electron chi connectivity index (χ1n) is 14.5. The molecule has 0 radical (unpaired) electrons. The third-order valence-electron chi connectivity index (χ3n) is 8.11. The number of nitrogens with one attached hydrogen (secondary N) is 2. The number of aromatic nitrogens is 1. The van der Waals surface area contributed by atoms with Crippen LogP contribution in [0.5, 0.6) is 5.75 Å². The molecule has 1 aliphatic heterocycles. The van der Waals surface area contributed by atoms with Gasteiger partial charge in [-0.2, -0.15) is 0 Å². The van der Waals surface area contributed by atoms with Crippen LogP contribution >= 0.6 is 11.3 Å². The maximum atomic E-state index is 13.8. The zero-order chi connectivity index (χ0) is 31.7. The second-order valence-corrected chi connectivity index (χ2v) is 12.0. The van der Waals surface area contributed by atoms with E-state index >= 15 is 0 Å². The lowest BCUT2D eigenvalue weighted by Gasteiger charge is -2.28. The number of nitrogens with two attached hydrogens (primary N) is 1. The second kappa shape index (κ2) is 12.4. The van der Waals surface area contributed by atoms with Gasteiger partial charge in [0.15, 0.2) is 5.69 Å². The number of fused-ring (bicyclic) bond motifs is 3. The molecule has 232 valence electrons. The molecule has 4 aromatic rings. The van der Waals surface area contributed by atoms with Crippen LogP contribution in [0.1, 0.15) is 68.1 Å². The Morgan fingerprint density at radius 2 is 1.76 bits per heavy atom. The third-order valence-corrected chi connectivity index (χ3v) is 9.10. The Morgan fingerprint density at radius 1 is 1.00 bits per heavy atom. The summed E-state index contributed by atoms with van der Waals surface area (Å²) in [6.07, 6.45) is 0.219. The van der Waals surface area contributed by atoms with Gasteiger partial charge in [-0.05, 0) is 71.8 Å². The zero-order valence-corrected chi connectivity index (χ0v) is 24.9. The number of ether oxygens (including phenoxy) is 1. The fourth-order valence-electron chi connectivity index (χ4n) is 5.66. The lowest BCUT2D eigenvalue weighted by molar-refractivity contribution is -0.0399. The third kappa shape index (κ3) is 6.43. The first-order valence-corrected chi connectivity index (χ1v) is 15.4. The van der Waals surface area contributed by atoms with E-state index in [4.69, 9.17) is 10.5 Å². The van der Waals surface area contributed by atoms with Crippen molar-refractivity contribution >= 4 is 34.8 Å². The van der Waals surface area contributed by atoms with Crippen LogP contribution in [0.2, 0.25) is 0 Å². The number of hydrogen-bond acceptors (Lipinski definition) is 7. The molecule has 0 bridgehead atoms. The fraction of sp³-hybridized carbons (Fsp3) is 0.273. The van der Waals surface area contributed by atoms with Gasteiger partial charge in [-0.25, -0.2) is 18.6 Å². The molecule has 0 atom stereocenters. The molecule has 1 saturated carbocycles. The van der Waals surface area contributed by atoms with Crippen molar-refractivity contribution in [2.75, 3.05) is 11.9 Å². The molecule has 0 unspecified atom stereocenters. The first-order chi connectivity index (χ1) is 21.6. The van der Waals surface area contributed by atoms with Gasteiger partial charge < -0.3 is 26.2 Å². The van der Waals surface area contributed by atoms with E-state index in [0.717, 1.165) is 16.0 Å². The molecular formula is C33H30F2N4O5S. The molecule has 2 aromatic carbocycles. The van der Waals surface area contributed by atoms with Crippen LogP contribution < -0.4 is 21.1 Å². The summed E-state index contributed by atoms with van der Waals surface area (Å²) >= 11 is 1.52.